The molecule has 0 amide bonds. The van der Waals surface area contributed by atoms with Crippen LogP contribution in [0.4, 0.5) is 13.2 Å². The third kappa shape index (κ3) is 3.22. The minimum atomic E-state index is -4.70. The topological polar surface area (TPSA) is 49.4 Å². The van der Waals surface area contributed by atoms with E-state index in [1.165, 1.54) is 12.1 Å². The second-order valence-electron chi connectivity index (χ2n) is 5.23. The molecule has 2 atom stereocenters. The number of rotatable bonds is 2. The van der Waals surface area contributed by atoms with Gasteiger partial charge in [-0.25, -0.2) is 8.42 Å². The second kappa shape index (κ2) is 5.58. The molecule has 1 fully saturated rings. The summed E-state index contributed by atoms with van der Waals surface area (Å²) in [5.74, 6) is 0. The Labute approximate surface area is 122 Å². The van der Waals surface area contributed by atoms with E-state index in [0.717, 1.165) is 16.4 Å². The highest BCUT2D eigenvalue weighted by atomic mass is 32.2. The van der Waals surface area contributed by atoms with Crippen LogP contribution in [0.3, 0.4) is 0 Å². The predicted molar refractivity (Wildman–Crippen MR) is 72.3 cm³/mol. The zero-order chi connectivity index (χ0) is 15.8. The van der Waals surface area contributed by atoms with Gasteiger partial charge in [0.25, 0.3) is 0 Å². The summed E-state index contributed by atoms with van der Waals surface area (Å²) >= 11 is 0. The van der Waals surface area contributed by atoms with Crippen LogP contribution < -0.4 is 5.32 Å². The number of piperazine rings is 1. The summed E-state index contributed by atoms with van der Waals surface area (Å²) in [7, 11) is -4.18. The van der Waals surface area contributed by atoms with Gasteiger partial charge < -0.3 is 5.32 Å². The molecule has 8 heteroatoms. The molecule has 1 heterocycles. The van der Waals surface area contributed by atoms with Crippen LogP contribution in [0.15, 0.2) is 29.2 Å². The van der Waals surface area contributed by atoms with Crippen molar-refractivity contribution in [3.05, 3.63) is 29.8 Å². The van der Waals surface area contributed by atoms with Gasteiger partial charge in [-0.3, -0.25) is 0 Å². The lowest BCUT2D eigenvalue weighted by Gasteiger charge is -2.36. The monoisotopic (exact) mass is 322 g/mol. The fourth-order valence-corrected chi connectivity index (χ4v) is 4.31. The van der Waals surface area contributed by atoms with Gasteiger partial charge in [-0.15, -0.1) is 0 Å². The van der Waals surface area contributed by atoms with Crippen molar-refractivity contribution < 1.29 is 21.6 Å². The van der Waals surface area contributed by atoms with Gasteiger partial charge in [0.05, 0.1) is 10.5 Å². The van der Waals surface area contributed by atoms with Crippen molar-refractivity contribution in [1.29, 1.82) is 0 Å². The molecule has 1 aliphatic heterocycles. The number of alkyl halides is 3. The maximum absolute atomic E-state index is 13.0. The molecule has 21 heavy (non-hydrogen) atoms. The fourth-order valence-electron chi connectivity index (χ4n) is 2.38. The van der Waals surface area contributed by atoms with Crippen molar-refractivity contribution in [3.8, 4) is 0 Å². The first-order valence-electron chi connectivity index (χ1n) is 6.55. The van der Waals surface area contributed by atoms with Gasteiger partial charge >= 0.3 is 6.18 Å². The Hall–Kier alpha value is -1.12. The Morgan fingerprint density at radius 2 is 1.86 bits per heavy atom. The zero-order valence-corrected chi connectivity index (χ0v) is 12.5. The largest absolute Gasteiger partial charge is 0.417 e. The first-order chi connectivity index (χ1) is 9.64. The normalized spacial score (nSPS) is 25.0. The second-order valence-corrected chi connectivity index (χ2v) is 7.09. The molecule has 1 aliphatic rings. The van der Waals surface area contributed by atoms with Gasteiger partial charge in [-0.2, -0.15) is 17.5 Å². The number of benzene rings is 1. The average Bonchev–Trinajstić information content (AvgIpc) is 2.40. The SMILES string of the molecule is C[C@@H]1CN[C@@H](C)CN1S(=O)(=O)c1ccccc1C(F)(F)F. The molecule has 0 bridgehead atoms. The Balaban J connectivity index is 2.50. The average molecular weight is 322 g/mol. The molecule has 2 rings (SSSR count). The van der Waals surface area contributed by atoms with E-state index in [2.05, 4.69) is 5.32 Å². The molecule has 4 nitrogen and oxygen atoms in total. The van der Waals surface area contributed by atoms with Crippen LogP contribution in [0.25, 0.3) is 0 Å². The van der Waals surface area contributed by atoms with Gasteiger partial charge in [-0.05, 0) is 26.0 Å². The number of nitrogens with one attached hydrogen (secondary N) is 1. The number of hydrogen-bond acceptors (Lipinski definition) is 3. The summed E-state index contributed by atoms with van der Waals surface area (Å²) in [6, 6.07) is 3.80. The van der Waals surface area contributed by atoms with Crippen LogP contribution in [-0.4, -0.2) is 37.9 Å². The maximum atomic E-state index is 13.0. The van der Waals surface area contributed by atoms with Crippen molar-refractivity contribution >= 4 is 10.0 Å². The molecule has 118 valence electrons. The third-order valence-electron chi connectivity index (χ3n) is 3.49. The van der Waals surface area contributed by atoms with Gasteiger partial charge in [0.15, 0.2) is 0 Å². The highest BCUT2D eigenvalue weighted by Crippen LogP contribution is 2.35. The van der Waals surface area contributed by atoms with E-state index in [4.69, 9.17) is 0 Å². The van der Waals surface area contributed by atoms with E-state index in [-0.39, 0.29) is 12.6 Å². The summed E-state index contributed by atoms with van der Waals surface area (Å²) in [5.41, 5.74) is -1.12. The van der Waals surface area contributed by atoms with Gasteiger partial charge in [0.2, 0.25) is 10.0 Å². The number of hydrogen-bond donors (Lipinski definition) is 1. The predicted octanol–water partition coefficient (Wildman–Crippen LogP) is 2.08. The standard InChI is InChI=1S/C13H17F3N2O2S/c1-9-8-18(10(2)7-17-9)21(19,20)12-6-4-3-5-11(12)13(14,15)16/h3-6,9-10,17H,7-8H2,1-2H3/t9-,10+/m0/s1. The fraction of sp³-hybridized carbons (Fsp3) is 0.538. The van der Waals surface area contributed by atoms with Gasteiger partial charge in [0.1, 0.15) is 0 Å². The van der Waals surface area contributed by atoms with Crippen LogP contribution in [0.1, 0.15) is 19.4 Å². The van der Waals surface area contributed by atoms with Crippen molar-refractivity contribution in [2.75, 3.05) is 13.1 Å². The Bertz CT molecular complexity index is 616. The van der Waals surface area contributed by atoms with Crippen LogP contribution in [0.5, 0.6) is 0 Å². The van der Waals surface area contributed by atoms with Gasteiger partial charge in [0, 0.05) is 25.2 Å². The Morgan fingerprint density at radius 3 is 2.48 bits per heavy atom. The van der Waals surface area contributed by atoms with Crippen LogP contribution in [0.2, 0.25) is 0 Å². The molecule has 1 saturated heterocycles. The molecule has 0 aromatic heterocycles. The lowest BCUT2D eigenvalue weighted by Crippen LogP contribution is -2.56. The molecule has 0 aliphatic carbocycles. The summed E-state index contributed by atoms with van der Waals surface area (Å²) in [6.45, 7) is 4.03. The highest BCUT2D eigenvalue weighted by molar-refractivity contribution is 7.89. The number of nitrogens with zero attached hydrogens (tertiary/aromatic N) is 1. The van der Waals surface area contributed by atoms with E-state index < -0.39 is 32.7 Å². The van der Waals surface area contributed by atoms with E-state index in [1.54, 1.807) is 13.8 Å². The molecule has 0 spiro atoms. The van der Waals surface area contributed by atoms with Crippen LogP contribution in [0, 0.1) is 0 Å². The van der Waals surface area contributed by atoms with Crippen molar-refractivity contribution in [1.82, 2.24) is 9.62 Å². The molecular formula is C13H17F3N2O2S. The van der Waals surface area contributed by atoms with E-state index in [0.29, 0.717) is 6.54 Å². The molecule has 1 aromatic carbocycles. The number of halogens is 3. The van der Waals surface area contributed by atoms with Crippen molar-refractivity contribution in [2.24, 2.45) is 0 Å². The minimum Gasteiger partial charge on any atom is -0.311 e. The smallest absolute Gasteiger partial charge is 0.311 e. The lowest BCUT2D eigenvalue weighted by atomic mass is 10.2. The van der Waals surface area contributed by atoms with Crippen molar-refractivity contribution in [3.63, 3.8) is 0 Å². The lowest BCUT2D eigenvalue weighted by molar-refractivity contribution is -0.139. The Morgan fingerprint density at radius 1 is 1.24 bits per heavy atom. The zero-order valence-electron chi connectivity index (χ0n) is 11.7. The summed E-state index contributed by atoms with van der Waals surface area (Å²) < 4.78 is 65.4. The number of sulfonamides is 1. The Kier molecular flexibility index (Phi) is 4.32. The molecule has 0 saturated carbocycles. The molecule has 1 N–H and O–H groups in total. The quantitative estimate of drug-likeness (QED) is 0.907. The molecule has 0 unspecified atom stereocenters. The molecular weight excluding hydrogens is 305 g/mol. The summed E-state index contributed by atoms with van der Waals surface area (Å²) in [4.78, 5) is -0.682. The summed E-state index contributed by atoms with van der Waals surface area (Å²) in [6.07, 6.45) is -4.70. The van der Waals surface area contributed by atoms with Crippen molar-refractivity contribution in [2.45, 2.75) is 37.0 Å². The minimum absolute atomic E-state index is 0.103. The maximum Gasteiger partial charge on any atom is 0.417 e. The molecule has 0 radical (unpaired) electrons. The van der Waals surface area contributed by atoms with Gasteiger partial charge in [-0.1, -0.05) is 12.1 Å². The summed E-state index contributed by atoms with van der Waals surface area (Å²) in [5, 5.41) is 3.10. The first-order valence-corrected chi connectivity index (χ1v) is 7.99. The molecule has 1 aromatic rings. The van der Waals surface area contributed by atoms with Crippen LogP contribution in [-0.2, 0) is 16.2 Å². The van der Waals surface area contributed by atoms with E-state index in [1.807, 2.05) is 0 Å². The van der Waals surface area contributed by atoms with E-state index >= 15 is 0 Å². The first kappa shape index (κ1) is 16.3. The third-order valence-corrected chi connectivity index (χ3v) is 5.52. The van der Waals surface area contributed by atoms with Crippen LogP contribution >= 0.6 is 0 Å². The van der Waals surface area contributed by atoms with E-state index in [9.17, 15) is 21.6 Å². The highest BCUT2D eigenvalue weighted by Gasteiger charge is 2.41.